The average Bonchev–Trinajstić information content (AvgIpc) is 2.81. The highest BCUT2D eigenvalue weighted by Crippen LogP contribution is 2.32. The summed E-state index contributed by atoms with van der Waals surface area (Å²) in [5, 5.41) is 0. The van der Waals surface area contributed by atoms with Crippen molar-refractivity contribution in [2.24, 2.45) is 5.73 Å². The van der Waals surface area contributed by atoms with Crippen LogP contribution in [0, 0.1) is 0 Å². The fourth-order valence-electron chi connectivity index (χ4n) is 4.15. The molecule has 1 amide bonds. The van der Waals surface area contributed by atoms with E-state index in [1.165, 1.54) is 12.8 Å². The Morgan fingerprint density at radius 2 is 1.82 bits per heavy atom. The van der Waals surface area contributed by atoms with E-state index in [2.05, 4.69) is 18.7 Å². The summed E-state index contributed by atoms with van der Waals surface area (Å²) >= 11 is 0. The van der Waals surface area contributed by atoms with E-state index in [-0.39, 0.29) is 5.91 Å². The summed E-state index contributed by atoms with van der Waals surface area (Å²) in [6.07, 6.45) is 3.55. The van der Waals surface area contributed by atoms with Gasteiger partial charge in [0.05, 0.1) is 0 Å². The van der Waals surface area contributed by atoms with Gasteiger partial charge in [0.15, 0.2) is 0 Å². The Balaban J connectivity index is 1.72. The van der Waals surface area contributed by atoms with Crippen molar-refractivity contribution in [3.05, 3.63) is 35.9 Å². The van der Waals surface area contributed by atoms with E-state index in [9.17, 15) is 4.79 Å². The van der Waals surface area contributed by atoms with Gasteiger partial charge in [0.2, 0.25) is 5.91 Å². The number of hydrogen-bond donors (Lipinski definition) is 1. The van der Waals surface area contributed by atoms with E-state index in [1.807, 2.05) is 35.2 Å². The molecule has 22 heavy (non-hydrogen) atoms. The summed E-state index contributed by atoms with van der Waals surface area (Å²) in [6.45, 7) is 6.19. The first-order chi connectivity index (χ1) is 10.6. The molecule has 2 heterocycles. The number of amides is 1. The average molecular weight is 301 g/mol. The largest absolute Gasteiger partial charge is 0.339 e. The summed E-state index contributed by atoms with van der Waals surface area (Å²) in [5.74, 6) is 0.0717. The van der Waals surface area contributed by atoms with E-state index >= 15 is 0 Å². The van der Waals surface area contributed by atoms with Crippen LogP contribution in [0.2, 0.25) is 0 Å². The van der Waals surface area contributed by atoms with Crippen LogP contribution in [0.4, 0.5) is 0 Å². The van der Waals surface area contributed by atoms with Crippen LogP contribution in [0.15, 0.2) is 30.3 Å². The summed E-state index contributed by atoms with van der Waals surface area (Å²) in [6, 6.07) is 10.9. The summed E-state index contributed by atoms with van der Waals surface area (Å²) in [5.41, 5.74) is 7.11. The second-order valence-electron chi connectivity index (χ2n) is 6.89. The molecule has 3 atom stereocenters. The van der Waals surface area contributed by atoms with Crippen LogP contribution in [-0.2, 0) is 4.79 Å². The zero-order valence-electron chi connectivity index (χ0n) is 13.6. The number of carbonyl (C=O) groups is 1. The third-order valence-electron chi connectivity index (χ3n) is 5.17. The molecule has 1 aromatic carbocycles. The highest BCUT2D eigenvalue weighted by Gasteiger charge is 2.40. The first-order valence-corrected chi connectivity index (χ1v) is 8.44. The fourth-order valence-corrected chi connectivity index (χ4v) is 4.15. The van der Waals surface area contributed by atoms with Crippen molar-refractivity contribution < 1.29 is 4.79 Å². The lowest BCUT2D eigenvalue weighted by Crippen LogP contribution is -2.46. The molecule has 3 unspecified atom stereocenters. The van der Waals surface area contributed by atoms with E-state index in [0.29, 0.717) is 18.1 Å². The Kier molecular flexibility index (Phi) is 4.50. The van der Waals surface area contributed by atoms with Gasteiger partial charge in [-0.25, -0.2) is 0 Å². The molecule has 1 aromatic rings. The van der Waals surface area contributed by atoms with Crippen LogP contribution < -0.4 is 5.73 Å². The van der Waals surface area contributed by atoms with Crippen LogP contribution in [0.25, 0.3) is 0 Å². The molecule has 0 aromatic heterocycles. The number of benzene rings is 1. The van der Waals surface area contributed by atoms with Gasteiger partial charge in [0.1, 0.15) is 6.04 Å². The van der Waals surface area contributed by atoms with Crippen LogP contribution in [0.1, 0.15) is 44.7 Å². The van der Waals surface area contributed by atoms with Crippen LogP contribution in [0.5, 0.6) is 0 Å². The van der Waals surface area contributed by atoms with Gasteiger partial charge in [-0.2, -0.15) is 0 Å². The number of hydrogen-bond acceptors (Lipinski definition) is 3. The smallest absolute Gasteiger partial charge is 0.244 e. The van der Waals surface area contributed by atoms with E-state index in [1.54, 1.807) is 0 Å². The maximum Gasteiger partial charge on any atom is 0.244 e. The molecule has 4 heteroatoms. The van der Waals surface area contributed by atoms with E-state index < -0.39 is 6.04 Å². The maximum atomic E-state index is 12.8. The third-order valence-corrected chi connectivity index (χ3v) is 5.17. The lowest BCUT2D eigenvalue weighted by atomic mass is 10.0. The first-order valence-electron chi connectivity index (χ1n) is 8.44. The number of nitrogens with zero attached hydrogens (tertiary/aromatic N) is 2. The van der Waals surface area contributed by atoms with Crippen molar-refractivity contribution in [3.8, 4) is 0 Å². The quantitative estimate of drug-likeness (QED) is 0.931. The molecule has 0 aliphatic carbocycles. The molecule has 2 saturated heterocycles. The summed E-state index contributed by atoms with van der Waals surface area (Å²) in [4.78, 5) is 17.4. The number of likely N-dealkylation sites (tertiary alicyclic amines) is 1. The van der Waals surface area contributed by atoms with Crippen molar-refractivity contribution in [1.82, 2.24) is 9.80 Å². The predicted octanol–water partition coefficient (Wildman–Crippen LogP) is 2.16. The topological polar surface area (TPSA) is 49.6 Å². The number of rotatable bonds is 3. The van der Waals surface area contributed by atoms with Crippen LogP contribution >= 0.6 is 0 Å². The zero-order chi connectivity index (χ0) is 15.7. The van der Waals surface area contributed by atoms with Crippen molar-refractivity contribution >= 4 is 5.91 Å². The highest BCUT2D eigenvalue weighted by molar-refractivity contribution is 5.83. The minimum atomic E-state index is -0.537. The third kappa shape index (κ3) is 2.90. The maximum absolute atomic E-state index is 12.8. The monoisotopic (exact) mass is 301 g/mol. The molecule has 2 fully saturated rings. The molecule has 2 N–H and O–H groups in total. The fraction of sp³-hybridized carbons (Fsp3) is 0.611. The van der Waals surface area contributed by atoms with Crippen LogP contribution in [0.3, 0.4) is 0 Å². The van der Waals surface area contributed by atoms with Gasteiger partial charge in [-0.3, -0.25) is 9.69 Å². The molecule has 0 radical (unpaired) electrons. The number of nitrogens with two attached hydrogens (primary N) is 1. The molecule has 2 bridgehead atoms. The Labute approximate surface area is 133 Å². The van der Waals surface area contributed by atoms with Gasteiger partial charge in [-0.05, 0) is 38.7 Å². The molecule has 0 spiro atoms. The van der Waals surface area contributed by atoms with Crippen molar-refractivity contribution in [2.75, 3.05) is 13.1 Å². The Morgan fingerprint density at radius 1 is 1.14 bits per heavy atom. The van der Waals surface area contributed by atoms with Gasteiger partial charge in [0.25, 0.3) is 0 Å². The van der Waals surface area contributed by atoms with Gasteiger partial charge in [0, 0.05) is 31.2 Å². The van der Waals surface area contributed by atoms with Gasteiger partial charge in [-0.1, -0.05) is 30.3 Å². The van der Waals surface area contributed by atoms with E-state index in [4.69, 9.17) is 5.73 Å². The zero-order valence-corrected chi connectivity index (χ0v) is 13.6. The Hall–Kier alpha value is -1.39. The SMILES string of the molecule is CC(C)N1C2CCC1CN(C(=O)C(N)c1ccccc1)CC2. The number of fused-ring (bicyclic) bond motifs is 2. The van der Waals surface area contributed by atoms with Gasteiger partial charge in [-0.15, -0.1) is 0 Å². The minimum absolute atomic E-state index is 0.0717. The van der Waals surface area contributed by atoms with Crippen LogP contribution in [-0.4, -0.2) is 46.9 Å². The molecule has 3 rings (SSSR count). The van der Waals surface area contributed by atoms with Crippen molar-refractivity contribution in [1.29, 1.82) is 0 Å². The lowest BCUT2D eigenvalue weighted by molar-refractivity contribution is -0.133. The lowest BCUT2D eigenvalue weighted by Gasteiger charge is -2.32. The molecular formula is C18H27N3O. The predicted molar refractivity (Wildman–Crippen MR) is 88.4 cm³/mol. The minimum Gasteiger partial charge on any atom is -0.339 e. The molecule has 2 aliphatic rings. The van der Waals surface area contributed by atoms with Gasteiger partial charge < -0.3 is 10.6 Å². The normalized spacial score (nSPS) is 27.0. The van der Waals surface area contributed by atoms with Crippen molar-refractivity contribution in [2.45, 2.75) is 57.3 Å². The molecular weight excluding hydrogens is 274 g/mol. The standard InChI is InChI=1S/C18H27N3O/c1-13(2)21-15-8-9-16(21)12-20(11-10-15)18(22)17(19)14-6-4-3-5-7-14/h3-7,13,15-17H,8-12,19H2,1-2H3. The molecule has 2 aliphatic heterocycles. The van der Waals surface area contributed by atoms with Gasteiger partial charge >= 0.3 is 0 Å². The second kappa shape index (κ2) is 6.39. The molecule has 120 valence electrons. The van der Waals surface area contributed by atoms with E-state index in [0.717, 1.165) is 25.1 Å². The second-order valence-corrected chi connectivity index (χ2v) is 6.89. The first kappa shape index (κ1) is 15.5. The van der Waals surface area contributed by atoms with Crippen molar-refractivity contribution in [3.63, 3.8) is 0 Å². The number of carbonyl (C=O) groups excluding carboxylic acids is 1. The molecule has 0 saturated carbocycles. The Morgan fingerprint density at radius 3 is 2.50 bits per heavy atom. The summed E-state index contributed by atoms with van der Waals surface area (Å²) < 4.78 is 0. The Bertz CT molecular complexity index is 516. The highest BCUT2D eigenvalue weighted by atomic mass is 16.2. The summed E-state index contributed by atoms with van der Waals surface area (Å²) in [7, 11) is 0. The molecule has 4 nitrogen and oxygen atoms in total.